The molecule has 0 spiro atoms. The minimum atomic E-state index is 1.12. The van der Waals surface area contributed by atoms with Gasteiger partial charge in [-0.1, -0.05) is 69.0 Å². The Morgan fingerprint density at radius 3 is 2.43 bits per heavy atom. The number of benzene rings is 2. The van der Waals surface area contributed by atoms with E-state index in [-0.39, 0.29) is 0 Å². The number of anilines is 2. The van der Waals surface area contributed by atoms with Crippen LogP contribution in [0.3, 0.4) is 0 Å². The van der Waals surface area contributed by atoms with Crippen LogP contribution in [0.2, 0.25) is 0 Å². The molecular weight excluding hydrogens is 298 g/mol. The van der Waals surface area contributed by atoms with Crippen molar-refractivity contribution in [3.05, 3.63) is 48.0 Å². The lowest BCUT2D eigenvalue weighted by atomic mass is 10.1. The third kappa shape index (κ3) is 3.92. The summed E-state index contributed by atoms with van der Waals surface area (Å²) < 4.78 is 0. The van der Waals surface area contributed by atoms with Crippen LogP contribution in [0.1, 0.15) is 51.0 Å². The van der Waals surface area contributed by atoms with Gasteiger partial charge in [-0.15, -0.1) is 0 Å². The van der Waals surface area contributed by atoms with Crippen LogP contribution < -0.4 is 4.90 Å². The summed E-state index contributed by atoms with van der Waals surface area (Å²) >= 11 is 1.91. The molecule has 0 amide bonds. The monoisotopic (exact) mass is 325 g/mol. The average molecular weight is 326 g/mol. The number of rotatable bonds is 7. The van der Waals surface area contributed by atoms with Gasteiger partial charge < -0.3 is 4.90 Å². The molecular formula is C21H27NS. The van der Waals surface area contributed by atoms with Gasteiger partial charge in [0.25, 0.3) is 0 Å². The van der Waals surface area contributed by atoms with Crippen molar-refractivity contribution in [1.29, 1.82) is 0 Å². The van der Waals surface area contributed by atoms with Crippen molar-refractivity contribution in [3.63, 3.8) is 0 Å². The third-order valence-corrected chi connectivity index (χ3v) is 5.63. The van der Waals surface area contributed by atoms with Crippen molar-refractivity contribution in [3.8, 4) is 0 Å². The Morgan fingerprint density at radius 2 is 1.57 bits per heavy atom. The topological polar surface area (TPSA) is 3.24 Å². The van der Waals surface area contributed by atoms with Crippen molar-refractivity contribution in [1.82, 2.24) is 0 Å². The number of aryl methyl sites for hydroxylation is 1. The highest BCUT2D eigenvalue weighted by molar-refractivity contribution is 7.99. The lowest BCUT2D eigenvalue weighted by Crippen LogP contribution is -2.22. The fourth-order valence-corrected chi connectivity index (χ4v) is 4.43. The predicted octanol–water partition coefficient (Wildman–Crippen LogP) is 6.96. The van der Waals surface area contributed by atoms with Crippen LogP contribution in [0.5, 0.6) is 0 Å². The molecule has 2 heteroatoms. The van der Waals surface area contributed by atoms with Crippen LogP contribution in [0, 0.1) is 6.92 Å². The maximum Gasteiger partial charge on any atom is 0.0553 e. The number of hydrogen-bond donors (Lipinski definition) is 0. The summed E-state index contributed by atoms with van der Waals surface area (Å²) in [4.78, 5) is 5.31. The SMILES string of the molecule is CCCCCCCCN1c2ccccc2Sc2cc(C)ccc21. The number of nitrogens with zero attached hydrogens (tertiary/aromatic N) is 1. The first-order chi connectivity index (χ1) is 11.3. The van der Waals surface area contributed by atoms with E-state index in [1.807, 2.05) is 11.8 Å². The van der Waals surface area contributed by atoms with Crippen LogP contribution in [0.4, 0.5) is 11.4 Å². The minimum absolute atomic E-state index is 1.12. The van der Waals surface area contributed by atoms with E-state index in [0.29, 0.717) is 0 Å². The quantitative estimate of drug-likeness (QED) is 0.506. The first-order valence-corrected chi connectivity index (χ1v) is 9.76. The second-order valence-electron chi connectivity index (χ2n) is 6.46. The van der Waals surface area contributed by atoms with Gasteiger partial charge in [-0.25, -0.2) is 0 Å². The lowest BCUT2D eigenvalue weighted by Gasteiger charge is -2.33. The van der Waals surface area contributed by atoms with Gasteiger partial charge in [0.05, 0.1) is 11.4 Å². The molecule has 1 heterocycles. The molecule has 0 aliphatic carbocycles. The molecule has 0 N–H and O–H groups in total. The normalized spacial score (nSPS) is 12.9. The maximum atomic E-state index is 2.53. The second kappa shape index (κ2) is 7.92. The van der Waals surface area contributed by atoms with E-state index < -0.39 is 0 Å². The molecule has 0 aromatic heterocycles. The van der Waals surface area contributed by atoms with Crippen LogP contribution >= 0.6 is 11.8 Å². The minimum Gasteiger partial charge on any atom is -0.340 e. The predicted molar refractivity (Wildman–Crippen MR) is 102 cm³/mol. The van der Waals surface area contributed by atoms with Gasteiger partial charge in [-0.2, -0.15) is 0 Å². The Hall–Kier alpha value is -1.41. The van der Waals surface area contributed by atoms with E-state index in [1.165, 1.54) is 65.3 Å². The summed E-state index contributed by atoms with van der Waals surface area (Å²) in [7, 11) is 0. The van der Waals surface area contributed by atoms with Crippen LogP contribution in [0.25, 0.3) is 0 Å². The molecule has 0 bridgehead atoms. The fraction of sp³-hybridized carbons (Fsp3) is 0.429. The van der Waals surface area contributed by atoms with E-state index in [9.17, 15) is 0 Å². The fourth-order valence-electron chi connectivity index (χ4n) is 3.23. The van der Waals surface area contributed by atoms with Gasteiger partial charge in [0, 0.05) is 16.3 Å². The van der Waals surface area contributed by atoms with Crippen LogP contribution in [0.15, 0.2) is 52.3 Å². The molecule has 0 saturated heterocycles. The lowest BCUT2D eigenvalue weighted by molar-refractivity contribution is 0.608. The molecule has 1 aliphatic heterocycles. The zero-order valence-electron chi connectivity index (χ0n) is 14.3. The van der Waals surface area contributed by atoms with Crippen molar-refractivity contribution in [2.75, 3.05) is 11.4 Å². The van der Waals surface area contributed by atoms with Gasteiger partial charge in [-0.3, -0.25) is 0 Å². The molecule has 3 rings (SSSR count). The summed E-state index contributed by atoms with van der Waals surface area (Å²) in [5.74, 6) is 0. The number of unbranched alkanes of at least 4 members (excludes halogenated alkanes) is 5. The molecule has 0 unspecified atom stereocenters. The van der Waals surface area contributed by atoms with E-state index in [4.69, 9.17) is 0 Å². The molecule has 2 aromatic carbocycles. The Morgan fingerprint density at radius 1 is 0.826 bits per heavy atom. The average Bonchev–Trinajstić information content (AvgIpc) is 2.56. The Kier molecular flexibility index (Phi) is 5.66. The zero-order valence-corrected chi connectivity index (χ0v) is 15.2. The van der Waals surface area contributed by atoms with E-state index in [1.54, 1.807) is 0 Å². The highest BCUT2D eigenvalue weighted by Crippen LogP contribution is 2.48. The van der Waals surface area contributed by atoms with Crippen molar-refractivity contribution in [2.24, 2.45) is 0 Å². The van der Waals surface area contributed by atoms with Gasteiger partial charge in [0.2, 0.25) is 0 Å². The van der Waals surface area contributed by atoms with E-state index >= 15 is 0 Å². The highest BCUT2D eigenvalue weighted by atomic mass is 32.2. The molecule has 2 aromatic rings. The smallest absolute Gasteiger partial charge is 0.0553 e. The standard InChI is InChI=1S/C21H27NS/c1-3-4-5-6-7-10-15-22-18-11-8-9-12-20(18)23-21-16-17(2)13-14-19(21)22/h8-9,11-14,16H,3-7,10,15H2,1-2H3. The zero-order chi connectivity index (χ0) is 16.1. The highest BCUT2D eigenvalue weighted by Gasteiger charge is 2.22. The molecule has 23 heavy (non-hydrogen) atoms. The Balaban J connectivity index is 1.73. The summed E-state index contributed by atoms with van der Waals surface area (Å²) in [6, 6.07) is 15.7. The van der Waals surface area contributed by atoms with E-state index in [2.05, 4.69) is 61.2 Å². The Bertz CT molecular complexity index is 650. The van der Waals surface area contributed by atoms with Gasteiger partial charge in [0.1, 0.15) is 0 Å². The number of para-hydroxylation sites is 1. The summed E-state index contributed by atoms with van der Waals surface area (Å²) in [5.41, 5.74) is 4.10. The van der Waals surface area contributed by atoms with E-state index in [0.717, 1.165) is 6.54 Å². The van der Waals surface area contributed by atoms with Gasteiger partial charge in [-0.05, 0) is 43.2 Å². The van der Waals surface area contributed by atoms with Crippen molar-refractivity contribution < 1.29 is 0 Å². The summed E-state index contributed by atoms with van der Waals surface area (Å²) in [5, 5.41) is 0. The largest absolute Gasteiger partial charge is 0.340 e. The third-order valence-electron chi connectivity index (χ3n) is 4.52. The molecule has 1 aliphatic rings. The first kappa shape index (κ1) is 16.4. The molecule has 0 atom stereocenters. The first-order valence-electron chi connectivity index (χ1n) is 8.94. The second-order valence-corrected chi connectivity index (χ2v) is 7.54. The molecule has 1 nitrogen and oxygen atoms in total. The maximum absolute atomic E-state index is 2.53. The number of hydrogen-bond acceptors (Lipinski definition) is 2. The summed E-state index contributed by atoms with van der Waals surface area (Å²) in [6.07, 6.45) is 8.08. The van der Waals surface area contributed by atoms with Crippen molar-refractivity contribution in [2.45, 2.75) is 62.2 Å². The van der Waals surface area contributed by atoms with Crippen LogP contribution in [-0.4, -0.2) is 6.54 Å². The molecule has 122 valence electrons. The van der Waals surface area contributed by atoms with Crippen LogP contribution in [-0.2, 0) is 0 Å². The Labute approximate surface area is 145 Å². The number of fused-ring (bicyclic) bond motifs is 2. The van der Waals surface area contributed by atoms with Crippen molar-refractivity contribution >= 4 is 23.1 Å². The molecule has 0 fully saturated rings. The summed E-state index contributed by atoms with van der Waals surface area (Å²) in [6.45, 7) is 5.58. The molecule has 0 radical (unpaired) electrons. The molecule has 0 saturated carbocycles. The van der Waals surface area contributed by atoms with Gasteiger partial charge >= 0.3 is 0 Å². The van der Waals surface area contributed by atoms with Gasteiger partial charge in [0.15, 0.2) is 0 Å².